The zero-order chi connectivity index (χ0) is 17.9. The number of carbonyl (C=O) groups excluding carboxylic acids is 1. The molecule has 0 aromatic heterocycles. The molecular formula is C22H21NO2S. The fourth-order valence-electron chi connectivity index (χ4n) is 3.28. The van der Waals surface area contributed by atoms with Crippen LogP contribution in [0.5, 0.6) is 5.75 Å². The first-order valence-electron chi connectivity index (χ1n) is 8.89. The smallest absolute Gasteiger partial charge is 0.264 e. The molecule has 3 aromatic carbocycles. The lowest BCUT2D eigenvalue weighted by Gasteiger charge is -2.22. The van der Waals surface area contributed by atoms with Crippen molar-refractivity contribution in [2.24, 2.45) is 0 Å². The predicted octanol–water partition coefficient (Wildman–Crippen LogP) is 5.14. The van der Waals surface area contributed by atoms with E-state index in [9.17, 15) is 4.79 Å². The van der Waals surface area contributed by atoms with Gasteiger partial charge in [-0.15, -0.1) is 11.8 Å². The topological polar surface area (TPSA) is 29.5 Å². The van der Waals surface area contributed by atoms with Crippen molar-refractivity contribution in [3.63, 3.8) is 0 Å². The molecule has 0 saturated heterocycles. The number of amides is 1. The number of benzene rings is 3. The number of para-hydroxylation sites is 1. The van der Waals surface area contributed by atoms with Crippen LogP contribution >= 0.6 is 11.8 Å². The molecule has 1 amide bonds. The molecule has 0 N–H and O–H groups in total. The Morgan fingerprint density at radius 1 is 1.08 bits per heavy atom. The van der Waals surface area contributed by atoms with Gasteiger partial charge in [-0.1, -0.05) is 55.5 Å². The molecule has 4 heteroatoms. The van der Waals surface area contributed by atoms with Crippen LogP contribution < -0.4 is 9.64 Å². The van der Waals surface area contributed by atoms with E-state index in [4.69, 9.17) is 4.74 Å². The standard InChI is InChI=1S/C22H21NO2S/c1-16-13-14-23(19-10-4-5-12-21(19)26-16)22(24)15-25-20-11-6-8-17-7-2-3-9-18(17)20/h2-12,16H,13-15H2,1H3/t16-/m0/s1. The van der Waals surface area contributed by atoms with E-state index in [1.807, 2.05) is 77.3 Å². The van der Waals surface area contributed by atoms with E-state index in [0.29, 0.717) is 5.25 Å². The largest absolute Gasteiger partial charge is 0.483 e. The number of thioether (sulfide) groups is 1. The lowest BCUT2D eigenvalue weighted by atomic mass is 10.1. The van der Waals surface area contributed by atoms with Crippen molar-refractivity contribution in [2.75, 3.05) is 18.1 Å². The summed E-state index contributed by atoms with van der Waals surface area (Å²) in [6, 6.07) is 22.1. The van der Waals surface area contributed by atoms with Gasteiger partial charge < -0.3 is 9.64 Å². The summed E-state index contributed by atoms with van der Waals surface area (Å²) in [7, 11) is 0. The molecule has 1 heterocycles. The van der Waals surface area contributed by atoms with Crippen LogP contribution in [-0.4, -0.2) is 24.3 Å². The molecule has 3 nitrogen and oxygen atoms in total. The molecule has 0 unspecified atom stereocenters. The second-order valence-corrected chi connectivity index (χ2v) is 7.98. The highest BCUT2D eigenvalue weighted by molar-refractivity contribution is 8.00. The Morgan fingerprint density at radius 3 is 2.77 bits per heavy atom. The Labute approximate surface area is 158 Å². The van der Waals surface area contributed by atoms with Crippen LogP contribution in [-0.2, 0) is 4.79 Å². The molecule has 1 atom stereocenters. The molecule has 4 rings (SSSR count). The summed E-state index contributed by atoms with van der Waals surface area (Å²) in [5.41, 5.74) is 0.994. The van der Waals surface area contributed by atoms with Crippen molar-refractivity contribution in [3.05, 3.63) is 66.7 Å². The molecule has 0 aliphatic carbocycles. The molecule has 0 fully saturated rings. The molecule has 26 heavy (non-hydrogen) atoms. The van der Waals surface area contributed by atoms with Crippen molar-refractivity contribution in [1.82, 2.24) is 0 Å². The zero-order valence-electron chi connectivity index (χ0n) is 14.7. The Balaban J connectivity index is 1.55. The number of nitrogens with zero attached hydrogens (tertiary/aromatic N) is 1. The molecular weight excluding hydrogens is 342 g/mol. The van der Waals surface area contributed by atoms with Crippen LogP contribution in [0.25, 0.3) is 10.8 Å². The van der Waals surface area contributed by atoms with Crippen LogP contribution in [0.1, 0.15) is 13.3 Å². The number of ether oxygens (including phenoxy) is 1. The van der Waals surface area contributed by atoms with Gasteiger partial charge >= 0.3 is 0 Å². The van der Waals surface area contributed by atoms with E-state index in [-0.39, 0.29) is 12.5 Å². The van der Waals surface area contributed by atoms with E-state index >= 15 is 0 Å². The minimum Gasteiger partial charge on any atom is -0.483 e. The molecule has 132 valence electrons. The third kappa shape index (κ3) is 3.42. The van der Waals surface area contributed by atoms with Crippen LogP contribution in [0.15, 0.2) is 71.6 Å². The highest BCUT2D eigenvalue weighted by Crippen LogP contribution is 2.37. The normalized spacial score (nSPS) is 16.8. The van der Waals surface area contributed by atoms with Crippen LogP contribution in [0.3, 0.4) is 0 Å². The molecule has 0 saturated carbocycles. The van der Waals surface area contributed by atoms with Gasteiger partial charge in [0.1, 0.15) is 5.75 Å². The molecule has 0 radical (unpaired) electrons. The third-order valence-corrected chi connectivity index (χ3v) is 5.88. The van der Waals surface area contributed by atoms with E-state index in [2.05, 4.69) is 13.0 Å². The van der Waals surface area contributed by atoms with E-state index in [0.717, 1.165) is 40.1 Å². The average molecular weight is 363 g/mol. The average Bonchev–Trinajstić information content (AvgIpc) is 2.84. The fraction of sp³-hybridized carbons (Fsp3) is 0.227. The second-order valence-electron chi connectivity index (χ2n) is 6.50. The van der Waals surface area contributed by atoms with Crippen molar-refractivity contribution >= 4 is 34.1 Å². The highest BCUT2D eigenvalue weighted by Gasteiger charge is 2.24. The maximum atomic E-state index is 12.9. The first kappa shape index (κ1) is 17.0. The lowest BCUT2D eigenvalue weighted by Crippen LogP contribution is -2.36. The maximum Gasteiger partial charge on any atom is 0.264 e. The van der Waals surface area contributed by atoms with Gasteiger partial charge in [0.2, 0.25) is 0 Å². The third-order valence-electron chi connectivity index (χ3n) is 4.65. The summed E-state index contributed by atoms with van der Waals surface area (Å²) in [5, 5.41) is 2.64. The summed E-state index contributed by atoms with van der Waals surface area (Å²) in [6.45, 7) is 2.98. The minimum atomic E-state index is 0.0000779. The maximum absolute atomic E-state index is 12.9. The first-order valence-corrected chi connectivity index (χ1v) is 9.77. The van der Waals surface area contributed by atoms with Crippen LogP contribution in [0, 0.1) is 0 Å². The highest BCUT2D eigenvalue weighted by atomic mass is 32.2. The summed E-state index contributed by atoms with van der Waals surface area (Å²) in [4.78, 5) is 16.0. The Morgan fingerprint density at radius 2 is 1.85 bits per heavy atom. The van der Waals surface area contributed by atoms with Gasteiger partial charge in [0.25, 0.3) is 5.91 Å². The van der Waals surface area contributed by atoms with Crippen molar-refractivity contribution < 1.29 is 9.53 Å². The number of hydrogen-bond acceptors (Lipinski definition) is 3. The Kier molecular flexibility index (Phi) is 4.85. The summed E-state index contributed by atoms with van der Waals surface area (Å²) in [6.07, 6.45) is 0.972. The molecule has 0 spiro atoms. The molecule has 1 aliphatic rings. The van der Waals surface area contributed by atoms with Gasteiger partial charge in [-0.25, -0.2) is 0 Å². The Bertz CT molecular complexity index is 935. The molecule has 3 aromatic rings. The van der Waals surface area contributed by atoms with Crippen molar-refractivity contribution in [3.8, 4) is 5.75 Å². The predicted molar refractivity (Wildman–Crippen MR) is 108 cm³/mol. The van der Waals surface area contributed by atoms with Gasteiger partial charge in [0, 0.05) is 22.1 Å². The summed E-state index contributed by atoms with van der Waals surface area (Å²) >= 11 is 1.84. The molecule has 1 aliphatic heterocycles. The van der Waals surface area contributed by atoms with E-state index in [1.165, 1.54) is 0 Å². The first-order chi connectivity index (χ1) is 12.7. The number of carbonyl (C=O) groups is 1. The number of fused-ring (bicyclic) bond motifs is 2. The minimum absolute atomic E-state index is 0.0000779. The van der Waals surface area contributed by atoms with Crippen LogP contribution in [0.4, 0.5) is 5.69 Å². The number of hydrogen-bond donors (Lipinski definition) is 0. The van der Waals surface area contributed by atoms with Crippen LogP contribution in [0.2, 0.25) is 0 Å². The number of anilines is 1. The van der Waals surface area contributed by atoms with Gasteiger partial charge in [0.05, 0.1) is 5.69 Å². The van der Waals surface area contributed by atoms with Gasteiger partial charge in [-0.05, 0) is 30.0 Å². The number of rotatable bonds is 3. The summed E-state index contributed by atoms with van der Waals surface area (Å²) in [5.74, 6) is 0.752. The zero-order valence-corrected chi connectivity index (χ0v) is 15.5. The second kappa shape index (κ2) is 7.42. The van der Waals surface area contributed by atoms with Gasteiger partial charge in [-0.2, -0.15) is 0 Å². The lowest BCUT2D eigenvalue weighted by molar-refractivity contribution is -0.120. The fourth-order valence-corrected chi connectivity index (χ4v) is 4.40. The van der Waals surface area contributed by atoms with Crippen molar-refractivity contribution in [2.45, 2.75) is 23.5 Å². The van der Waals surface area contributed by atoms with Gasteiger partial charge in [0.15, 0.2) is 6.61 Å². The quantitative estimate of drug-likeness (QED) is 0.645. The van der Waals surface area contributed by atoms with Crippen molar-refractivity contribution in [1.29, 1.82) is 0 Å². The van der Waals surface area contributed by atoms with E-state index in [1.54, 1.807) is 0 Å². The summed E-state index contributed by atoms with van der Waals surface area (Å²) < 4.78 is 5.92. The Hall–Kier alpha value is -2.46. The monoisotopic (exact) mass is 363 g/mol. The molecule has 0 bridgehead atoms. The SMILES string of the molecule is C[C@H]1CCN(C(=O)COc2cccc3ccccc23)c2ccccc2S1. The van der Waals surface area contributed by atoms with Gasteiger partial charge in [-0.3, -0.25) is 4.79 Å². The van der Waals surface area contributed by atoms with E-state index < -0.39 is 0 Å².